The van der Waals surface area contributed by atoms with Crippen molar-refractivity contribution in [2.75, 3.05) is 13.7 Å². The van der Waals surface area contributed by atoms with Gasteiger partial charge in [0, 0.05) is 11.6 Å². The highest BCUT2D eigenvalue weighted by Gasteiger charge is 2.21. The third kappa shape index (κ3) is 3.14. The lowest BCUT2D eigenvalue weighted by Gasteiger charge is -2.17. The van der Waals surface area contributed by atoms with Crippen LogP contribution < -0.4 is 0 Å². The highest BCUT2D eigenvalue weighted by atomic mass is 79.9. The van der Waals surface area contributed by atoms with Gasteiger partial charge >= 0.3 is 0 Å². The molecule has 2 aromatic rings. The van der Waals surface area contributed by atoms with Crippen molar-refractivity contribution in [3.05, 3.63) is 50.2 Å². The monoisotopic (exact) mass is 402 g/mol. The fourth-order valence-electron chi connectivity index (χ4n) is 2.07. The van der Waals surface area contributed by atoms with Crippen LogP contribution in [0.4, 0.5) is 0 Å². The van der Waals surface area contributed by atoms with E-state index in [4.69, 9.17) is 4.74 Å². The molecule has 1 aromatic carbocycles. The molecule has 1 atom stereocenters. The minimum Gasteiger partial charge on any atom is -0.383 e. The van der Waals surface area contributed by atoms with E-state index < -0.39 is 6.10 Å². The van der Waals surface area contributed by atoms with E-state index in [2.05, 4.69) is 37.0 Å². The quantitative estimate of drug-likeness (QED) is 0.831. The molecule has 4 nitrogen and oxygen atoms in total. The Kier molecular flexibility index (Phi) is 5.37. The molecule has 0 amide bonds. The standard InChI is InChI=1S/C14H16Br2N2O2/c1-9-10(4-3-5-11(9)15)14(19)13-12(16)8-17-18(13)6-7-20-2/h3-5,8,14,19H,6-7H2,1-2H3. The van der Waals surface area contributed by atoms with Crippen LogP contribution in [0.5, 0.6) is 0 Å². The SMILES string of the molecule is COCCn1ncc(Br)c1C(O)c1cccc(Br)c1C. The van der Waals surface area contributed by atoms with E-state index in [-0.39, 0.29) is 0 Å². The Hall–Kier alpha value is -0.690. The van der Waals surface area contributed by atoms with Crippen molar-refractivity contribution in [1.29, 1.82) is 0 Å². The first kappa shape index (κ1) is 15.7. The zero-order chi connectivity index (χ0) is 14.7. The topological polar surface area (TPSA) is 47.3 Å². The minimum absolute atomic E-state index is 0.547. The summed E-state index contributed by atoms with van der Waals surface area (Å²) in [6, 6.07) is 5.80. The van der Waals surface area contributed by atoms with Gasteiger partial charge in [-0.3, -0.25) is 4.68 Å². The molecule has 0 aliphatic rings. The first-order valence-electron chi connectivity index (χ1n) is 6.19. The van der Waals surface area contributed by atoms with Crippen LogP contribution in [0.2, 0.25) is 0 Å². The second-order valence-corrected chi connectivity index (χ2v) is 6.16. The van der Waals surface area contributed by atoms with E-state index in [9.17, 15) is 5.11 Å². The predicted octanol–water partition coefficient (Wildman–Crippen LogP) is 3.44. The summed E-state index contributed by atoms with van der Waals surface area (Å²) < 4.78 is 8.61. The fraction of sp³-hybridized carbons (Fsp3) is 0.357. The molecule has 20 heavy (non-hydrogen) atoms. The Morgan fingerprint density at radius 1 is 1.35 bits per heavy atom. The van der Waals surface area contributed by atoms with E-state index in [1.807, 2.05) is 25.1 Å². The maximum Gasteiger partial charge on any atom is 0.122 e. The summed E-state index contributed by atoms with van der Waals surface area (Å²) in [5.41, 5.74) is 2.62. The van der Waals surface area contributed by atoms with Gasteiger partial charge in [-0.1, -0.05) is 28.1 Å². The van der Waals surface area contributed by atoms with E-state index in [0.29, 0.717) is 13.2 Å². The smallest absolute Gasteiger partial charge is 0.122 e. The van der Waals surface area contributed by atoms with Gasteiger partial charge in [-0.15, -0.1) is 0 Å². The average Bonchev–Trinajstić information content (AvgIpc) is 2.80. The van der Waals surface area contributed by atoms with Crippen molar-refractivity contribution in [3.63, 3.8) is 0 Å². The van der Waals surface area contributed by atoms with Gasteiger partial charge in [0.1, 0.15) is 6.10 Å². The van der Waals surface area contributed by atoms with Crippen molar-refractivity contribution in [3.8, 4) is 0 Å². The Labute approximate surface area is 135 Å². The first-order valence-corrected chi connectivity index (χ1v) is 7.78. The van der Waals surface area contributed by atoms with Crippen LogP contribution in [0.25, 0.3) is 0 Å². The lowest BCUT2D eigenvalue weighted by Crippen LogP contribution is -2.14. The maximum atomic E-state index is 10.7. The molecular formula is C14H16Br2N2O2. The van der Waals surface area contributed by atoms with Gasteiger partial charge in [0.2, 0.25) is 0 Å². The number of hydrogen-bond acceptors (Lipinski definition) is 3. The number of benzene rings is 1. The summed E-state index contributed by atoms with van der Waals surface area (Å²) in [4.78, 5) is 0. The summed E-state index contributed by atoms with van der Waals surface area (Å²) in [5, 5.41) is 15.0. The molecule has 2 rings (SSSR count). The highest BCUT2D eigenvalue weighted by Crippen LogP contribution is 2.32. The third-order valence-corrected chi connectivity index (χ3v) is 4.67. The van der Waals surface area contributed by atoms with E-state index in [1.165, 1.54) is 0 Å². The Bertz CT molecular complexity index is 599. The second kappa shape index (κ2) is 6.85. The fourth-order valence-corrected chi connectivity index (χ4v) is 2.96. The van der Waals surface area contributed by atoms with Crippen molar-refractivity contribution >= 4 is 31.9 Å². The molecule has 0 saturated carbocycles. The van der Waals surface area contributed by atoms with E-state index in [1.54, 1.807) is 18.0 Å². The molecule has 0 aliphatic carbocycles. The number of ether oxygens (including phenoxy) is 1. The molecule has 108 valence electrons. The minimum atomic E-state index is -0.735. The van der Waals surface area contributed by atoms with Crippen LogP contribution in [-0.4, -0.2) is 28.6 Å². The zero-order valence-electron chi connectivity index (χ0n) is 11.3. The van der Waals surface area contributed by atoms with Gasteiger partial charge in [-0.2, -0.15) is 5.10 Å². The molecule has 0 bridgehead atoms. The molecule has 1 aromatic heterocycles. The van der Waals surface area contributed by atoms with Gasteiger partial charge in [-0.05, 0) is 40.0 Å². The summed E-state index contributed by atoms with van der Waals surface area (Å²) in [5.74, 6) is 0. The van der Waals surface area contributed by atoms with Crippen LogP contribution in [0.1, 0.15) is 22.9 Å². The van der Waals surface area contributed by atoms with Gasteiger partial charge in [-0.25, -0.2) is 0 Å². The van der Waals surface area contributed by atoms with Crippen LogP contribution in [0.3, 0.4) is 0 Å². The Morgan fingerprint density at radius 2 is 2.10 bits per heavy atom. The van der Waals surface area contributed by atoms with Gasteiger partial charge < -0.3 is 9.84 Å². The summed E-state index contributed by atoms with van der Waals surface area (Å²) in [6.45, 7) is 3.12. The molecule has 6 heteroatoms. The Balaban J connectivity index is 2.40. The van der Waals surface area contributed by atoms with Crippen LogP contribution >= 0.6 is 31.9 Å². The number of nitrogens with zero attached hydrogens (tertiary/aromatic N) is 2. The van der Waals surface area contributed by atoms with Crippen LogP contribution in [-0.2, 0) is 11.3 Å². The van der Waals surface area contributed by atoms with Crippen LogP contribution in [0, 0.1) is 6.92 Å². The number of methoxy groups -OCH3 is 1. The lowest BCUT2D eigenvalue weighted by atomic mass is 10.0. The molecule has 0 spiro atoms. The summed E-state index contributed by atoms with van der Waals surface area (Å²) in [6.07, 6.45) is 0.961. The first-order chi connectivity index (χ1) is 9.56. The number of halogens is 2. The molecule has 1 heterocycles. The van der Waals surface area contributed by atoms with Crippen molar-refractivity contribution in [1.82, 2.24) is 9.78 Å². The number of aliphatic hydroxyl groups is 1. The normalized spacial score (nSPS) is 12.7. The maximum absolute atomic E-state index is 10.7. The molecule has 0 aliphatic heterocycles. The van der Waals surface area contributed by atoms with Crippen LogP contribution in [0.15, 0.2) is 33.3 Å². The molecule has 0 radical (unpaired) electrons. The van der Waals surface area contributed by atoms with Crippen molar-refractivity contribution in [2.24, 2.45) is 0 Å². The number of hydrogen-bond donors (Lipinski definition) is 1. The van der Waals surface area contributed by atoms with Gasteiger partial charge in [0.05, 0.1) is 29.5 Å². The summed E-state index contributed by atoms with van der Waals surface area (Å²) in [7, 11) is 1.65. The molecule has 0 fully saturated rings. The largest absolute Gasteiger partial charge is 0.383 e. The molecular weight excluding hydrogens is 388 g/mol. The lowest BCUT2D eigenvalue weighted by molar-refractivity contribution is 0.171. The number of aromatic nitrogens is 2. The van der Waals surface area contributed by atoms with Gasteiger partial charge in [0.15, 0.2) is 0 Å². The summed E-state index contributed by atoms with van der Waals surface area (Å²) >= 11 is 6.95. The molecule has 1 N–H and O–H groups in total. The molecule has 1 unspecified atom stereocenters. The number of rotatable bonds is 5. The predicted molar refractivity (Wildman–Crippen MR) is 84.7 cm³/mol. The van der Waals surface area contributed by atoms with Crippen molar-refractivity contribution in [2.45, 2.75) is 19.6 Å². The zero-order valence-corrected chi connectivity index (χ0v) is 14.5. The third-order valence-electron chi connectivity index (χ3n) is 3.20. The molecule has 0 saturated heterocycles. The Morgan fingerprint density at radius 3 is 2.80 bits per heavy atom. The number of aliphatic hydroxyl groups excluding tert-OH is 1. The van der Waals surface area contributed by atoms with E-state index >= 15 is 0 Å². The highest BCUT2D eigenvalue weighted by molar-refractivity contribution is 9.10. The average molecular weight is 404 g/mol. The van der Waals surface area contributed by atoms with E-state index in [0.717, 1.165) is 25.8 Å². The van der Waals surface area contributed by atoms with Gasteiger partial charge in [0.25, 0.3) is 0 Å². The van der Waals surface area contributed by atoms with Crippen molar-refractivity contribution < 1.29 is 9.84 Å². The second-order valence-electron chi connectivity index (χ2n) is 4.45.